The summed E-state index contributed by atoms with van der Waals surface area (Å²) in [7, 11) is 2.11. The molecule has 2 saturated carbocycles. The number of halogens is 4. The zero-order valence-corrected chi connectivity index (χ0v) is 23.6. The molecule has 2 amide bonds. The molecule has 0 radical (unpaired) electrons. The number of carbonyl (C=O) groups excluding carboxylic acids is 1. The summed E-state index contributed by atoms with van der Waals surface area (Å²) >= 11 is 0. The van der Waals surface area contributed by atoms with Crippen molar-refractivity contribution >= 4 is 11.7 Å². The second-order valence-electron chi connectivity index (χ2n) is 11.8. The Balaban J connectivity index is 1.32. The number of hydrogen-bond acceptors (Lipinski definition) is 4. The van der Waals surface area contributed by atoms with Gasteiger partial charge in [-0.15, -0.1) is 0 Å². The molecule has 10 heteroatoms. The van der Waals surface area contributed by atoms with Crippen molar-refractivity contribution in [1.82, 2.24) is 14.7 Å². The molecule has 1 aliphatic heterocycles. The van der Waals surface area contributed by atoms with Gasteiger partial charge < -0.3 is 20.0 Å². The normalized spacial score (nSPS) is 26.3. The molecule has 6 nitrogen and oxygen atoms in total. The van der Waals surface area contributed by atoms with Gasteiger partial charge in [0.2, 0.25) is 0 Å². The quantitative estimate of drug-likeness (QED) is 0.315. The molecule has 2 aliphatic carbocycles. The Morgan fingerprint density at radius 3 is 2.59 bits per heavy atom. The van der Waals surface area contributed by atoms with Crippen molar-refractivity contribution in [2.75, 3.05) is 51.6 Å². The molecule has 3 aliphatic rings. The van der Waals surface area contributed by atoms with Crippen LogP contribution in [0.25, 0.3) is 0 Å². The third-order valence-corrected chi connectivity index (χ3v) is 9.54. The predicted octanol–water partition coefficient (Wildman–Crippen LogP) is 5.94. The van der Waals surface area contributed by atoms with E-state index in [1.165, 1.54) is 6.07 Å². The number of piperazine rings is 1. The number of nitrogens with zero attached hydrogens (tertiary/aromatic N) is 4. The minimum Gasteiger partial charge on any atom is -0.321 e. The van der Waals surface area contributed by atoms with Crippen LogP contribution in [0.5, 0.6) is 0 Å². The average Bonchev–Trinajstić information content (AvgIpc) is 3.33. The van der Waals surface area contributed by atoms with Gasteiger partial charge in [-0.2, -0.15) is 18.4 Å². The second-order valence-corrected chi connectivity index (χ2v) is 11.8. The van der Waals surface area contributed by atoms with Gasteiger partial charge in [0.25, 0.3) is 0 Å². The maximum atomic E-state index is 13.9. The van der Waals surface area contributed by atoms with E-state index in [9.17, 15) is 27.6 Å². The van der Waals surface area contributed by atoms with E-state index >= 15 is 0 Å². The monoisotopic (exact) mass is 571 g/mol. The molecule has 3 fully saturated rings. The second kappa shape index (κ2) is 11.6. The molecule has 4 atom stereocenters. The summed E-state index contributed by atoms with van der Waals surface area (Å²) in [6.07, 6.45) is -1.54. The summed E-state index contributed by atoms with van der Waals surface area (Å²) in [5, 5.41) is 12.1. The van der Waals surface area contributed by atoms with Crippen LogP contribution in [0.3, 0.4) is 0 Å². The van der Waals surface area contributed by atoms with Gasteiger partial charge in [0, 0.05) is 49.9 Å². The van der Waals surface area contributed by atoms with Gasteiger partial charge in [-0.05, 0) is 87.0 Å². The summed E-state index contributed by atoms with van der Waals surface area (Å²) in [4.78, 5) is 20.2. The number of amides is 2. The Hall–Kier alpha value is -3.16. The van der Waals surface area contributed by atoms with Crippen LogP contribution < -0.4 is 5.32 Å². The molecule has 2 aromatic carbocycles. The van der Waals surface area contributed by atoms with Crippen molar-refractivity contribution in [3.8, 4) is 6.07 Å². The summed E-state index contributed by atoms with van der Waals surface area (Å²) in [6.45, 7) is 7.68. The molecule has 220 valence electrons. The molecular weight excluding hydrogens is 534 g/mol. The van der Waals surface area contributed by atoms with Crippen molar-refractivity contribution in [3.63, 3.8) is 0 Å². The third-order valence-electron chi connectivity index (χ3n) is 9.54. The molecule has 0 unspecified atom stereocenters. The fraction of sp³-hybridized carbons (Fsp3) is 0.548. The van der Waals surface area contributed by atoms with Crippen molar-refractivity contribution in [2.24, 2.45) is 11.8 Å². The van der Waals surface area contributed by atoms with Gasteiger partial charge >= 0.3 is 12.2 Å². The van der Waals surface area contributed by atoms with E-state index in [0.29, 0.717) is 24.1 Å². The van der Waals surface area contributed by atoms with Crippen LogP contribution >= 0.6 is 0 Å². The van der Waals surface area contributed by atoms with E-state index in [0.717, 1.165) is 70.0 Å². The fourth-order valence-electron chi connectivity index (χ4n) is 7.25. The predicted molar refractivity (Wildman–Crippen MR) is 149 cm³/mol. The average molecular weight is 572 g/mol. The Labute approximate surface area is 238 Å². The third kappa shape index (κ3) is 5.93. The van der Waals surface area contributed by atoms with Crippen LogP contribution in [0.2, 0.25) is 0 Å². The van der Waals surface area contributed by atoms with E-state index in [-0.39, 0.29) is 23.1 Å². The number of urea groups is 1. The maximum Gasteiger partial charge on any atom is 0.419 e. The molecule has 1 N–H and O–H groups in total. The van der Waals surface area contributed by atoms with Gasteiger partial charge in [-0.3, -0.25) is 0 Å². The minimum absolute atomic E-state index is 0.0816. The number of nitrogens with one attached hydrogen (secondary N) is 1. The highest BCUT2D eigenvalue weighted by Gasteiger charge is 2.69. The maximum absolute atomic E-state index is 13.9. The van der Waals surface area contributed by atoms with E-state index in [1.807, 2.05) is 12.1 Å². The molecule has 2 aromatic rings. The lowest BCUT2D eigenvalue weighted by Gasteiger charge is -2.33. The highest BCUT2D eigenvalue weighted by Crippen LogP contribution is 2.69. The lowest BCUT2D eigenvalue weighted by molar-refractivity contribution is -0.139. The fourth-order valence-corrected chi connectivity index (χ4v) is 7.25. The molecule has 1 heterocycles. The number of carbonyl (C=O) groups is 1. The lowest BCUT2D eigenvalue weighted by Crippen LogP contribution is -2.45. The number of benzene rings is 2. The Kier molecular flexibility index (Phi) is 8.31. The first-order valence-corrected chi connectivity index (χ1v) is 14.4. The van der Waals surface area contributed by atoms with Crippen LogP contribution in [0, 0.1) is 29.0 Å². The SMILES string of the molecule is C[C@@H]1[C@@H]2[C@H](N(CCCCN3CCN(C)CC3)C(=O)Nc3ccc(F)c(C(F)(F)F)c3)CC[C@@]21c1cccc(C#N)c1. The van der Waals surface area contributed by atoms with Crippen molar-refractivity contribution in [2.45, 2.75) is 50.2 Å². The molecular formula is C31H37F4N5O. The minimum atomic E-state index is -4.86. The van der Waals surface area contributed by atoms with Crippen LogP contribution in [0.1, 0.15) is 49.3 Å². The van der Waals surface area contributed by atoms with E-state index in [2.05, 4.69) is 41.2 Å². The van der Waals surface area contributed by atoms with E-state index < -0.39 is 23.6 Å². The van der Waals surface area contributed by atoms with E-state index in [4.69, 9.17) is 0 Å². The number of alkyl halides is 3. The molecule has 1 saturated heterocycles. The molecule has 0 bridgehead atoms. The van der Waals surface area contributed by atoms with Gasteiger partial charge in [-0.1, -0.05) is 19.1 Å². The largest absolute Gasteiger partial charge is 0.419 e. The highest BCUT2D eigenvalue weighted by molar-refractivity contribution is 5.89. The molecule has 0 spiro atoms. The van der Waals surface area contributed by atoms with Crippen LogP contribution in [-0.2, 0) is 11.6 Å². The summed E-state index contributed by atoms with van der Waals surface area (Å²) < 4.78 is 53.8. The van der Waals surface area contributed by atoms with Crippen molar-refractivity contribution in [1.29, 1.82) is 5.26 Å². The lowest BCUT2D eigenvalue weighted by atomic mass is 9.90. The summed E-state index contributed by atoms with van der Waals surface area (Å²) in [5.74, 6) is -0.875. The van der Waals surface area contributed by atoms with Gasteiger partial charge in [-0.25, -0.2) is 9.18 Å². The number of anilines is 1. The summed E-state index contributed by atoms with van der Waals surface area (Å²) in [6, 6.07) is 11.9. The topological polar surface area (TPSA) is 62.6 Å². The first-order valence-electron chi connectivity index (χ1n) is 14.4. The number of hydrogen-bond donors (Lipinski definition) is 1. The van der Waals surface area contributed by atoms with Crippen molar-refractivity contribution < 1.29 is 22.4 Å². The van der Waals surface area contributed by atoms with Gasteiger partial charge in [0.15, 0.2) is 0 Å². The number of unbranched alkanes of at least 4 members (excludes halogenated alkanes) is 1. The molecule has 41 heavy (non-hydrogen) atoms. The Morgan fingerprint density at radius 1 is 1.15 bits per heavy atom. The number of fused-ring (bicyclic) bond motifs is 1. The van der Waals surface area contributed by atoms with Crippen molar-refractivity contribution in [3.05, 3.63) is 65.0 Å². The Morgan fingerprint density at radius 2 is 1.90 bits per heavy atom. The van der Waals surface area contributed by atoms with Gasteiger partial charge in [0.1, 0.15) is 5.82 Å². The summed E-state index contributed by atoms with van der Waals surface area (Å²) in [5.41, 5.74) is 0.117. The van der Waals surface area contributed by atoms with E-state index in [1.54, 1.807) is 11.0 Å². The number of rotatable bonds is 8. The van der Waals surface area contributed by atoms with Crippen LogP contribution in [0.4, 0.5) is 28.0 Å². The zero-order chi connectivity index (χ0) is 29.4. The Bertz CT molecular complexity index is 1300. The highest BCUT2D eigenvalue weighted by atomic mass is 19.4. The molecule has 5 rings (SSSR count). The van der Waals surface area contributed by atoms with Crippen LogP contribution in [-0.4, -0.2) is 73.1 Å². The van der Waals surface area contributed by atoms with Crippen LogP contribution in [0.15, 0.2) is 42.5 Å². The first-order chi connectivity index (χ1) is 19.5. The standard InChI is InChI=1S/C31H37F4N5O/c1-21-28-27(10-11-30(21,28)23-7-5-6-22(18-23)20-36)40(13-4-3-12-39-16-14-38(2)15-17-39)29(41)37-24-8-9-26(32)25(19-24)31(33,34)35/h5-9,18-19,21,27-28H,3-4,10-17H2,1-2H3,(H,37,41)/t21-,27-,28-,30-/m1/s1. The first kappa shape index (κ1) is 29.3. The number of nitriles is 1. The number of likely N-dealkylation sites (N-methyl/N-ethyl adjacent to an activating group) is 1. The zero-order valence-electron chi connectivity index (χ0n) is 23.6. The van der Waals surface area contributed by atoms with Gasteiger partial charge in [0.05, 0.1) is 17.2 Å². The smallest absolute Gasteiger partial charge is 0.321 e. The molecule has 0 aromatic heterocycles.